The van der Waals surface area contributed by atoms with Gasteiger partial charge in [-0.3, -0.25) is 9.69 Å². The lowest BCUT2D eigenvalue weighted by Gasteiger charge is -2.24. The van der Waals surface area contributed by atoms with Gasteiger partial charge in [-0.05, 0) is 36.6 Å². The van der Waals surface area contributed by atoms with Crippen LogP contribution < -0.4 is 10.6 Å². The van der Waals surface area contributed by atoms with Gasteiger partial charge in [0.05, 0.1) is 6.54 Å². The van der Waals surface area contributed by atoms with Crippen molar-refractivity contribution in [2.45, 2.75) is 32.6 Å². The van der Waals surface area contributed by atoms with Crippen molar-refractivity contribution in [3.63, 3.8) is 0 Å². The molecule has 1 saturated heterocycles. The Morgan fingerprint density at radius 2 is 1.95 bits per heavy atom. The second-order valence-electron chi connectivity index (χ2n) is 6.72. The molecule has 2 N–H and O–H groups in total. The first-order valence-corrected chi connectivity index (χ1v) is 7.79. The number of para-hydroxylation sites is 1. The summed E-state index contributed by atoms with van der Waals surface area (Å²) in [6.45, 7) is 10.9. The van der Waals surface area contributed by atoms with E-state index in [0.29, 0.717) is 6.54 Å². The van der Waals surface area contributed by atoms with Crippen LogP contribution in [0.1, 0.15) is 32.8 Å². The number of hydrogen-bond acceptors (Lipinski definition) is 3. The molecular formula is C17H28ClN3O. The smallest absolute Gasteiger partial charge is 0.238 e. The predicted octanol–water partition coefficient (Wildman–Crippen LogP) is 2.64. The van der Waals surface area contributed by atoms with Gasteiger partial charge in [0.2, 0.25) is 5.91 Å². The molecule has 1 aliphatic rings. The van der Waals surface area contributed by atoms with E-state index in [-0.39, 0.29) is 23.7 Å². The lowest BCUT2D eigenvalue weighted by Crippen LogP contribution is -2.36. The molecule has 1 fully saturated rings. The molecule has 0 aliphatic carbocycles. The van der Waals surface area contributed by atoms with Gasteiger partial charge in [-0.15, -0.1) is 12.4 Å². The number of anilines is 1. The summed E-state index contributed by atoms with van der Waals surface area (Å²) in [7, 11) is 0. The highest BCUT2D eigenvalue weighted by Crippen LogP contribution is 2.29. The van der Waals surface area contributed by atoms with Crippen molar-refractivity contribution in [1.29, 1.82) is 0 Å². The third-order valence-corrected chi connectivity index (χ3v) is 3.81. The number of amides is 1. The number of nitrogens with one attached hydrogen (secondary N) is 2. The highest BCUT2D eigenvalue weighted by atomic mass is 35.5. The minimum absolute atomic E-state index is 0. The molecular weight excluding hydrogens is 298 g/mol. The van der Waals surface area contributed by atoms with Gasteiger partial charge in [0.1, 0.15) is 0 Å². The number of halogens is 1. The van der Waals surface area contributed by atoms with Crippen LogP contribution in [-0.2, 0) is 10.2 Å². The molecule has 2 rings (SSSR count). The molecule has 0 atom stereocenters. The molecule has 4 nitrogen and oxygen atoms in total. The van der Waals surface area contributed by atoms with Crippen molar-refractivity contribution < 1.29 is 4.79 Å². The fraction of sp³-hybridized carbons (Fsp3) is 0.588. The maximum absolute atomic E-state index is 12.3. The normalized spacial score (nSPS) is 16.5. The summed E-state index contributed by atoms with van der Waals surface area (Å²) >= 11 is 0. The first-order chi connectivity index (χ1) is 9.97. The number of benzene rings is 1. The van der Waals surface area contributed by atoms with E-state index < -0.39 is 0 Å². The van der Waals surface area contributed by atoms with Crippen molar-refractivity contribution in [2.24, 2.45) is 0 Å². The number of hydrogen-bond donors (Lipinski definition) is 2. The Kier molecular flexibility index (Phi) is 7.33. The van der Waals surface area contributed by atoms with E-state index in [4.69, 9.17) is 0 Å². The number of carbonyl (C=O) groups excluding carboxylic acids is 1. The fourth-order valence-corrected chi connectivity index (χ4v) is 2.70. The van der Waals surface area contributed by atoms with Gasteiger partial charge >= 0.3 is 0 Å². The molecule has 1 amide bonds. The molecule has 0 radical (unpaired) electrons. The van der Waals surface area contributed by atoms with E-state index in [1.807, 2.05) is 18.2 Å². The van der Waals surface area contributed by atoms with E-state index in [9.17, 15) is 4.79 Å². The quantitative estimate of drug-likeness (QED) is 0.898. The first kappa shape index (κ1) is 18.9. The Bertz CT molecular complexity index is 477. The molecule has 1 aromatic carbocycles. The fourth-order valence-electron chi connectivity index (χ4n) is 2.70. The molecule has 1 heterocycles. The summed E-state index contributed by atoms with van der Waals surface area (Å²) in [6, 6.07) is 8.07. The van der Waals surface area contributed by atoms with E-state index in [2.05, 4.69) is 42.4 Å². The predicted molar refractivity (Wildman–Crippen MR) is 94.9 cm³/mol. The number of rotatable bonds is 3. The molecule has 22 heavy (non-hydrogen) atoms. The third-order valence-electron chi connectivity index (χ3n) is 3.81. The van der Waals surface area contributed by atoms with E-state index in [1.54, 1.807) is 0 Å². The summed E-state index contributed by atoms with van der Waals surface area (Å²) in [6.07, 6.45) is 1.10. The lowest BCUT2D eigenvalue weighted by atomic mass is 9.86. The van der Waals surface area contributed by atoms with Crippen LogP contribution in [0.4, 0.5) is 5.69 Å². The zero-order chi connectivity index (χ0) is 15.3. The highest BCUT2D eigenvalue weighted by molar-refractivity contribution is 5.93. The van der Waals surface area contributed by atoms with Crippen LogP contribution in [0.2, 0.25) is 0 Å². The number of carbonyl (C=O) groups is 1. The molecule has 0 saturated carbocycles. The van der Waals surface area contributed by atoms with Crippen LogP contribution in [0.5, 0.6) is 0 Å². The summed E-state index contributed by atoms with van der Waals surface area (Å²) in [5.74, 6) is 0.0774. The number of nitrogens with zero attached hydrogens (tertiary/aromatic N) is 1. The Balaban J connectivity index is 0.00000242. The second kappa shape index (κ2) is 8.51. The van der Waals surface area contributed by atoms with E-state index >= 15 is 0 Å². The van der Waals surface area contributed by atoms with Crippen LogP contribution in [0, 0.1) is 0 Å². The second-order valence-corrected chi connectivity index (χ2v) is 6.72. The molecule has 5 heteroatoms. The van der Waals surface area contributed by atoms with Gasteiger partial charge in [-0.25, -0.2) is 0 Å². The van der Waals surface area contributed by atoms with Gasteiger partial charge in [0, 0.05) is 18.8 Å². The Hall–Kier alpha value is -1.10. The van der Waals surface area contributed by atoms with Crippen molar-refractivity contribution in [3.05, 3.63) is 29.8 Å². The molecule has 124 valence electrons. The summed E-state index contributed by atoms with van der Waals surface area (Å²) in [4.78, 5) is 14.5. The molecule has 0 spiro atoms. The SMILES string of the molecule is CC(C)(C)c1ccccc1NC(=O)CN1CCCNCC1.Cl. The Morgan fingerprint density at radius 1 is 1.23 bits per heavy atom. The van der Waals surface area contributed by atoms with Crippen molar-refractivity contribution in [2.75, 3.05) is 38.0 Å². The summed E-state index contributed by atoms with van der Waals surface area (Å²) in [5, 5.41) is 6.44. The monoisotopic (exact) mass is 325 g/mol. The van der Waals surface area contributed by atoms with Gasteiger partial charge in [0.25, 0.3) is 0 Å². The Morgan fingerprint density at radius 3 is 2.68 bits per heavy atom. The lowest BCUT2D eigenvalue weighted by molar-refractivity contribution is -0.117. The minimum Gasteiger partial charge on any atom is -0.325 e. The molecule has 0 aromatic heterocycles. The largest absolute Gasteiger partial charge is 0.325 e. The average molecular weight is 326 g/mol. The molecule has 1 aliphatic heterocycles. The first-order valence-electron chi connectivity index (χ1n) is 7.79. The van der Waals surface area contributed by atoms with Crippen LogP contribution in [0.3, 0.4) is 0 Å². The molecule has 0 bridgehead atoms. The van der Waals surface area contributed by atoms with Crippen LogP contribution in [0.25, 0.3) is 0 Å². The maximum Gasteiger partial charge on any atom is 0.238 e. The van der Waals surface area contributed by atoms with Crippen molar-refractivity contribution in [3.8, 4) is 0 Å². The molecule has 1 aromatic rings. The zero-order valence-corrected chi connectivity index (χ0v) is 14.6. The average Bonchev–Trinajstić information content (AvgIpc) is 2.66. The zero-order valence-electron chi connectivity index (χ0n) is 13.8. The third kappa shape index (κ3) is 5.59. The van der Waals surface area contributed by atoms with Gasteiger partial charge in [0.15, 0.2) is 0 Å². The molecule has 0 unspecified atom stereocenters. The standard InChI is InChI=1S/C17H27N3O.ClH/c1-17(2,3)14-7-4-5-8-15(14)19-16(21)13-20-11-6-9-18-10-12-20;/h4-5,7-8,18H,6,9-13H2,1-3H3,(H,19,21);1H. The Labute approximate surface area is 140 Å². The maximum atomic E-state index is 12.3. The van der Waals surface area contributed by atoms with Crippen molar-refractivity contribution in [1.82, 2.24) is 10.2 Å². The van der Waals surface area contributed by atoms with E-state index in [0.717, 1.165) is 38.3 Å². The topological polar surface area (TPSA) is 44.4 Å². The van der Waals surface area contributed by atoms with Crippen LogP contribution in [0.15, 0.2) is 24.3 Å². The highest BCUT2D eigenvalue weighted by Gasteiger charge is 2.19. The van der Waals surface area contributed by atoms with Crippen LogP contribution in [-0.4, -0.2) is 43.5 Å². The summed E-state index contributed by atoms with van der Waals surface area (Å²) < 4.78 is 0. The van der Waals surface area contributed by atoms with Crippen LogP contribution >= 0.6 is 12.4 Å². The van der Waals surface area contributed by atoms with Gasteiger partial charge in [-0.1, -0.05) is 39.0 Å². The summed E-state index contributed by atoms with van der Waals surface area (Å²) in [5.41, 5.74) is 2.13. The van der Waals surface area contributed by atoms with Gasteiger partial charge < -0.3 is 10.6 Å². The minimum atomic E-state index is 0. The van der Waals surface area contributed by atoms with E-state index in [1.165, 1.54) is 5.56 Å². The van der Waals surface area contributed by atoms with Crippen molar-refractivity contribution >= 4 is 24.0 Å². The van der Waals surface area contributed by atoms with Gasteiger partial charge in [-0.2, -0.15) is 0 Å².